The number of anilines is 1. The van der Waals surface area contributed by atoms with E-state index in [-0.39, 0.29) is 12.1 Å². The van der Waals surface area contributed by atoms with Crippen LogP contribution in [0.3, 0.4) is 0 Å². The molecule has 204 valence electrons. The van der Waals surface area contributed by atoms with Crippen molar-refractivity contribution in [3.05, 3.63) is 60.0 Å². The van der Waals surface area contributed by atoms with Gasteiger partial charge in [0.05, 0.1) is 40.4 Å². The van der Waals surface area contributed by atoms with Gasteiger partial charge in [0.2, 0.25) is 0 Å². The number of urea groups is 1. The van der Waals surface area contributed by atoms with Crippen LogP contribution < -0.4 is 5.32 Å². The van der Waals surface area contributed by atoms with E-state index in [1.165, 1.54) is 24.2 Å². The molecule has 2 amide bonds. The van der Waals surface area contributed by atoms with Gasteiger partial charge in [-0.2, -0.15) is 5.26 Å². The number of nitrogens with one attached hydrogen (secondary N) is 1. The number of rotatable bonds is 7. The van der Waals surface area contributed by atoms with Gasteiger partial charge in [-0.25, -0.2) is 19.7 Å². The van der Waals surface area contributed by atoms with Crippen molar-refractivity contribution in [3.63, 3.8) is 0 Å². The highest BCUT2D eigenvalue weighted by molar-refractivity contribution is 7.19. The van der Waals surface area contributed by atoms with Crippen LogP contribution in [-0.4, -0.2) is 76.2 Å². The molecule has 4 aromatic rings. The third-order valence-electron chi connectivity index (χ3n) is 7.59. The minimum absolute atomic E-state index is 0.0625. The summed E-state index contributed by atoms with van der Waals surface area (Å²) in [5.74, 6) is 0. The molecule has 2 aromatic heterocycles. The van der Waals surface area contributed by atoms with Crippen LogP contribution in [0.25, 0.3) is 32.6 Å². The van der Waals surface area contributed by atoms with E-state index in [4.69, 9.17) is 9.72 Å². The van der Waals surface area contributed by atoms with Gasteiger partial charge in [-0.05, 0) is 69.1 Å². The first kappa shape index (κ1) is 26.3. The Balaban J connectivity index is 1.21. The smallest absolute Gasteiger partial charge is 0.323 e. The Morgan fingerprint density at radius 1 is 1.15 bits per heavy atom. The van der Waals surface area contributed by atoms with E-state index < -0.39 is 0 Å². The Hall–Kier alpha value is -3.91. The summed E-state index contributed by atoms with van der Waals surface area (Å²) < 4.78 is 6.09. The third kappa shape index (κ3) is 5.68. The fourth-order valence-corrected chi connectivity index (χ4v) is 6.38. The second kappa shape index (κ2) is 11.7. The lowest BCUT2D eigenvalue weighted by Crippen LogP contribution is -2.34. The van der Waals surface area contributed by atoms with E-state index in [0.717, 1.165) is 64.3 Å². The molecule has 10 heteroatoms. The Bertz CT molecular complexity index is 1570. The van der Waals surface area contributed by atoms with Crippen molar-refractivity contribution < 1.29 is 9.53 Å². The zero-order chi connectivity index (χ0) is 27.5. The normalized spacial score (nSPS) is 17.4. The lowest BCUT2D eigenvalue weighted by Gasteiger charge is -2.18. The summed E-state index contributed by atoms with van der Waals surface area (Å²) in [5.41, 5.74) is 4.80. The number of thiazole rings is 1. The second-order valence-corrected chi connectivity index (χ2v) is 11.3. The maximum Gasteiger partial charge on any atom is 0.323 e. The van der Waals surface area contributed by atoms with E-state index >= 15 is 0 Å². The number of likely N-dealkylation sites (tertiary alicyclic amines) is 2. The number of benzene rings is 2. The van der Waals surface area contributed by atoms with E-state index in [9.17, 15) is 10.1 Å². The first-order chi connectivity index (χ1) is 19.6. The first-order valence-corrected chi connectivity index (χ1v) is 14.5. The molecule has 2 aliphatic heterocycles. The highest BCUT2D eigenvalue weighted by atomic mass is 32.1. The van der Waals surface area contributed by atoms with E-state index in [1.807, 2.05) is 37.3 Å². The third-order valence-corrected chi connectivity index (χ3v) is 8.61. The Morgan fingerprint density at radius 3 is 2.88 bits per heavy atom. The predicted octanol–water partition coefficient (Wildman–Crippen LogP) is 5.32. The van der Waals surface area contributed by atoms with Crippen molar-refractivity contribution in [3.8, 4) is 27.8 Å². The first-order valence-electron chi connectivity index (χ1n) is 13.7. The molecule has 6 rings (SSSR count). The number of fused-ring (bicyclic) bond motifs is 1. The SMILES string of the molecule is Cc1ncnc2ccc(-c3sc(NC(=O)N4CCC(OCCN5CCCC5)C4)nc3-c3cccc(C#N)c3)cc12. The maximum absolute atomic E-state index is 13.2. The molecule has 0 bridgehead atoms. The Kier molecular flexibility index (Phi) is 7.68. The van der Waals surface area contributed by atoms with Gasteiger partial charge < -0.3 is 14.5 Å². The van der Waals surface area contributed by atoms with Crippen molar-refractivity contribution in [1.29, 1.82) is 5.26 Å². The van der Waals surface area contributed by atoms with Crippen LogP contribution in [-0.2, 0) is 4.74 Å². The van der Waals surface area contributed by atoms with Gasteiger partial charge in [-0.15, -0.1) is 0 Å². The zero-order valence-corrected chi connectivity index (χ0v) is 23.3. The summed E-state index contributed by atoms with van der Waals surface area (Å²) in [6.07, 6.45) is 5.01. The van der Waals surface area contributed by atoms with Crippen LogP contribution in [0.1, 0.15) is 30.5 Å². The fourth-order valence-electron chi connectivity index (χ4n) is 5.40. The van der Waals surface area contributed by atoms with Crippen LogP contribution in [0, 0.1) is 18.3 Å². The molecule has 0 radical (unpaired) electrons. The van der Waals surface area contributed by atoms with Gasteiger partial charge in [0, 0.05) is 36.3 Å². The molecule has 2 fully saturated rings. The van der Waals surface area contributed by atoms with Crippen LogP contribution in [0.5, 0.6) is 0 Å². The summed E-state index contributed by atoms with van der Waals surface area (Å²) in [5, 5.41) is 14.0. The number of carbonyl (C=O) groups is 1. The number of nitriles is 1. The molecule has 1 atom stereocenters. The van der Waals surface area contributed by atoms with Crippen molar-refractivity contribution in [1.82, 2.24) is 24.8 Å². The largest absolute Gasteiger partial charge is 0.375 e. The quantitative estimate of drug-likeness (QED) is 0.330. The van der Waals surface area contributed by atoms with Gasteiger partial charge in [0.25, 0.3) is 0 Å². The number of amides is 2. The number of nitrogens with zero attached hydrogens (tertiary/aromatic N) is 6. The van der Waals surface area contributed by atoms with Gasteiger partial charge >= 0.3 is 6.03 Å². The second-order valence-electron chi connectivity index (χ2n) is 10.3. The molecule has 1 unspecified atom stereocenters. The molecule has 9 nitrogen and oxygen atoms in total. The standard InChI is InChI=1S/C30H31N7O2S/c1-20-25-16-23(7-8-26(25)33-19-32-20)28-27(22-6-4-5-21(15-22)17-31)34-29(40-28)35-30(38)37-12-9-24(18-37)39-14-13-36-10-2-3-11-36/h4-8,15-16,19,24H,2-3,9-14,18H2,1H3,(H,34,35,38). The maximum atomic E-state index is 13.2. The van der Waals surface area contributed by atoms with Crippen LogP contribution in [0.15, 0.2) is 48.8 Å². The van der Waals surface area contributed by atoms with Gasteiger partial charge in [0.15, 0.2) is 5.13 Å². The lowest BCUT2D eigenvalue weighted by molar-refractivity contribution is 0.0486. The topological polar surface area (TPSA) is 107 Å². The number of hydrogen-bond donors (Lipinski definition) is 1. The van der Waals surface area contributed by atoms with Crippen LogP contribution in [0.2, 0.25) is 0 Å². The number of hydrogen-bond acceptors (Lipinski definition) is 8. The van der Waals surface area contributed by atoms with Crippen LogP contribution >= 0.6 is 11.3 Å². The highest BCUT2D eigenvalue weighted by Gasteiger charge is 2.28. The summed E-state index contributed by atoms with van der Waals surface area (Å²) in [4.78, 5) is 31.9. The Morgan fingerprint density at radius 2 is 2.02 bits per heavy atom. The van der Waals surface area contributed by atoms with E-state index in [2.05, 4.69) is 32.3 Å². The number of ether oxygens (including phenoxy) is 1. The molecule has 0 saturated carbocycles. The van der Waals surface area contributed by atoms with Gasteiger partial charge in [0.1, 0.15) is 6.33 Å². The number of aryl methyl sites for hydroxylation is 1. The highest BCUT2D eigenvalue weighted by Crippen LogP contribution is 2.40. The number of carbonyl (C=O) groups excluding carboxylic acids is 1. The van der Waals surface area contributed by atoms with Gasteiger partial charge in [-0.3, -0.25) is 5.32 Å². The Labute approximate surface area is 237 Å². The summed E-state index contributed by atoms with van der Waals surface area (Å²) in [7, 11) is 0. The molecular weight excluding hydrogens is 522 g/mol. The van der Waals surface area contributed by atoms with Crippen molar-refractivity contribution in [2.75, 3.05) is 44.6 Å². The van der Waals surface area contributed by atoms with Gasteiger partial charge in [-0.1, -0.05) is 29.5 Å². The monoisotopic (exact) mass is 553 g/mol. The molecule has 1 N–H and O–H groups in total. The molecule has 40 heavy (non-hydrogen) atoms. The molecule has 2 aromatic carbocycles. The summed E-state index contributed by atoms with van der Waals surface area (Å²) in [6, 6.07) is 15.5. The molecule has 0 aliphatic carbocycles. The fraction of sp³-hybridized carbons (Fsp3) is 0.367. The molecule has 2 saturated heterocycles. The van der Waals surface area contributed by atoms with Crippen molar-refractivity contribution in [2.45, 2.75) is 32.3 Å². The molecular formula is C30H31N7O2S. The van der Waals surface area contributed by atoms with Crippen molar-refractivity contribution in [2.24, 2.45) is 0 Å². The van der Waals surface area contributed by atoms with Crippen molar-refractivity contribution >= 4 is 33.4 Å². The summed E-state index contributed by atoms with van der Waals surface area (Å²) >= 11 is 1.42. The predicted molar refractivity (Wildman–Crippen MR) is 156 cm³/mol. The van der Waals surface area contributed by atoms with E-state index in [1.54, 1.807) is 17.3 Å². The molecule has 4 heterocycles. The minimum Gasteiger partial charge on any atom is -0.375 e. The molecule has 0 spiro atoms. The average Bonchev–Trinajstić information content (AvgIpc) is 3.75. The van der Waals surface area contributed by atoms with Crippen LogP contribution in [0.4, 0.5) is 9.93 Å². The van der Waals surface area contributed by atoms with E-state index in [0.29, 0.717) is 30.4 Å². The number of aromatic nitrogens is 3. The zero-order valence-electron chi connectivity index (χ0n) is 22.5. The lowest BCUT2D eigenvalue weighted by atomic mass is 10.0. The average molecular weight is 554 g/mol. The minimum atomic E-state index is -0.175. The molecule has 2 aliphatic rings. The summed E-state index contributed by atoms with van der Waals surface area (Å²) in [6.45, 7) is 7.17.